The Bertz CT molecular complexity index is 1000. The van der Waals surface area contributed by atoms with Crippen molar-refractivity contribution in [2.24, 2.45) is 0 Å². The number of carbonyl (C=O) groups is 1. The molecule has 4 heteroatoms. The summed E-state index contributed by atoms with van der Waals surface area (Å²) in [5.41, 5.74) is 5.87. The Balaban J connectivity index is 1.80. The smallest absolute Gasteiger partial charge is 0.244 e. The average molecular weight is 377 g/mol. The quantitative estimate of drug-likeness (QED) is 0.575. The molecule has 0 fully saturated rings. The summed E-state index contributed by atoms with van der Waals surface area (Å²) in [4.78, 5) is 12.4. The number of allylic oxidation sites excluding steroid dienone is 1. The van der Waals surface area contributed by atoms with Crippen LogP contribution in [0.3, 0.4) is 0 Å². The van der Waals surface area contributed by atoms with Gasteiger partial charge < -0.3 is 14.5 Å². The fraction of sp³-hybridized carbons (Fsp3) is 0.292. The summed E-state index contributed by atoms with van der Waals surface area (Å²) < 4.78 is 11.6. The molecule has 0 unspecified atom stereocenters. The zero-order valence-corrected chi connectivity index (χ0v) is 17.0. The van der Waals surface area contributed by atoms with Gasteiger partial charge in [0, 0.05) is 29.1 Å². The summed E-state index contributed by atoms with van der Waals surface area (Å²) in [5, 5.41) is 4.02. The summed E-state index contributed by atoms with van der Waals surface area (Å²) in [6.45, 7) is 9.06. The van der Waals surface area contributed by atoms with E-state index in [-0.39, 0.29) is 5.91 Å². The first-order valence-electron chi connectivity index (χ1n) is 9.66. The predicted octanol–water partition coefficient (Wildman–Crippen LogP) is 5.21. The first kappa shape index (κ1) is 19.7. The van der Waals surface area contributed by atoms with Gasteiger partial charge in [-0.05, 0) is 56.9 Å². The topological polar surface area (TPSA) is 51.5 Å². The van der Waals surface area contributed by atoms with E-state index in [1.807, 2.05) is 45.9 Å². The Hall–Kier alpha value is -3.01. The minimum Gasteiger partial charge on any atom is -0.493 e. The SMILES string of the molecule is CCOc1c(/C(C)=C/C(=O)NCCc2ccccc2)cc2c(C)coc2c1C. The Labute approximate surface area is 166 Å². The highest BCUT2D eigenvalue weighted by Gasteiger charge is 2.17. The largest absolute Gasteiger partial charge is 0.493 e. The van der Waals surface area contributed by atoms with Crippen molar-refractivity contribution in [2.75, 3.05) is 13.2 Å². The lowest BCUT2D eigenvalue weighted by Gasteiger charge is -2.14. The number of fused-ring (bicyclic) bond motifs is 1. The second kappa shape index (κ2) is 8.79. The van der Waals surface area contributed by atoms with E-state index in [4.69, 9.17) is 9.15 Å². The Morgan fingerprint density at radius 3 is 2.68 bits per heavy atom. The first-order chi connectivity index (χ1) is 13.5. The minimum absolute atomic E-state index is 0.0995. The lowest BCUT2D eigenvalue weighted by atomic mass is 9.98. The van der Waals surface area contributed by atoms with Crippen molar-refractivity contribution < 1.29 is 13.9 Å². The van der Waals surface area contributed by atoms with Crippen LogP contribution in [0.25, 0.3) is 16.5 Å². The van der Waals surface area contributed by atoms with Gasteiger partial charge >= 0.3 is 0 Å². The summed E-state index contributed by atoms with van der Waals surface area (Å²) >= 11 is 0. The van der Waals surface area contributed by atoms with Crippen molar-refractivity contribution in [3.8, 4) is 5.75 Å². The lowest BCUT2D eigenvalue weighted by Crippen LogP contribution is -2.23. The number of nitrogens with one attached hydrogen (secondary N) is 1. The molecule has 0 aliphatic carbocycles. The number of hydrogen-bond acceptors (Lipinski definition) is 3. The van der Waals surface area contributed by atoms with Gasteiger partial charge in [0.05, 0.1) is 12.9 Å². The van der Waals surface area contributed by atoms with E-state index < -0.39 is 0 Å². The van der Waals surface area contributed by atoms with Crippen molar-refractivity contribution in [2.45, 2.75) is 34.1 Å². The second-order valence-corrected chi connectivity index (χ2v) is 6.96. The molecule has 0 atom stereocenters. The molecular weight excluding hydrogens is 350 g/mol. The Morgan fingerprint density at radius 2 is 1.96 bits per heavy atom. The molecule has 4 nitrogen and oxygen atoms in total. The van der Waals surface area contributed by atoms with Crippen LogP contribution in [-0.2, 0) is 11.2 Å². The van der Waals surface area contributed by atoms with Crippen LogP contribution < -0.4 is 10.1 Å². The number of rotatable bonds is 7. The molecule has 0 spiro atoms. The van der Waals surface area contributed by atoms with Crippen LogP contribution in [0.4, 0.5) is 0 Å². The van der Waals surface area contributed by atoms with Gasteiger partial charge in [-0.1, -0.05) is 30.3 Å². The normalized spacial score (nSPS) is 11.6. The second-order valence-electron chi connectivity index (χ2n) is 6.96. The van der Waals surface area contributed by atoms with Gasteiger partial charge in [-0.2, -0.15) is 0 Å². The molecule has 0 bridgehead atoms. The van der Waals surface area contributed by atoms with Gasteiger partial charge in [0.1, 0.15) is 11.3 Å². The average Bonchev–Trinajstić information content (AvgIpc) is 3.06. The zero-order valence-electron chi connectivity index (χ0n) is 17.0. The summed E-state index contributed by atoms with van der Waals surface area (Å²) in [7, 11) is 0. The summed E-state index contributed by atoms with van der Waals surface area (Å²) in [5.74, 6) is 0.674. The third kappa shape index (κ3) is 4.28. The van der Waals surface area contributed by atoms with Crippen molar-refractivity contribution >= 4 is 22.4 Å². The van der Waals surface area contributed by atoms with Crippen LogP contribution in [0.5, 0.6) is 5.75 Å². The van der Waals surface area contributed by atoms with Crippen LogP contribution in [-0.4, -0.2) is 19.1 Å². The van der Waals surface area contributed by atoms with Crippen LogP contribution in [0.1, 0.15) is 36.1 Å². The number of benzene rings is 2. The first-order valence-corrected chi connectivity index (χ1v) is 9.66. The van der Waals surface area contributed by atoms with E-state index in [0.29, 0.717) is 13.2 Å². The van der Waals surface area contributed by atoms with E-state index in [0.717, 1.165) is 45.4 Å². The molecule has 3 aromatic rings. The molecule has 1 amide bonds. The molecule has 0 aliphatic heterocycles. The van der Waals surface area contributed by atoms with Gasteiger partial charge in [0.2, 0.25) is 5.91 Å². The maximum Gasteiger partial charge on any atom is 0.244 e. The van der Waals surface area contributed by atoms with E-state index in [1.54, 1.807) is 12.3 Å². The number of hydrogen-bond donors (Lipinski definition) is 1. The minimum atomic E-state index is -0.0995. The monoisotopic (exact) mass is 377 g/mol. The van der Waals surface area contributed by atoms with Crippen molar-refractivity contribution in [3.63, 3.8) is 0 Å². The van der Waals surface area contributed by atoms with Crippen molar-refractivity contribution in [1.29, 1.82) is 0 Å². The predicted molar refractivity (Wildman–Crippen MR) is 114 cm³/mol. The lowest BCUT2D eigenvalue weighted by molar-refractivity contribution is -0.116. The number of aryl methyl sites for hydroxylation is 2. The molecule has 1 heterocycles. The summed E-state index contributed by atoms with van der Waals surface area (Å²) in [6, 6.07) is 12.2. The Kier molecular flexibility index (Phi) is 6.19. The van der Waals surface area contributed by atoms with E-state index in [1.165, 1.54) is 5.56 Å². The third-order valence-corrected chi connectivity index (χ3v) is 4.85. The highest BCUT2D eigenvalue weighted by atomic mass is 16.5. The maximum atomic E-state index is 12.4. The fourth-order valence-electron chi connectivity index (χ4n) is 3.36. The molecule has 1 aromatic heterocycles. The van der Waals surface area contributed by atoms with Gasteiger partial charge in [-0.25, -0.2) is 0 Å². The number of amides is 1. The molecular formula is C24H27NO3. The molecule has 28 heavy (non-hydrogen) atoms. The van der Waals surface area contributed by atoms with Gasteiger partial charge in [-0.15, -0.1) is 0 Å². The molecule has 3 rings (SSSR count). The standard InChI is InChI=1S/C24H27NO3/c1-5-27-23-18(4)24-21(17(3)15-28-24)14-20(23)16(2)13-22(26)25-12-11-19-9-7-6-8-10-19/h6-10,13-15H,5,11-12H2,1-4H3,(H,25,26)/b16-13+. The van der Waals surface area contributed by atoms with E-state index in [2.05, 4.69) is 23.5 Å². The summed E-state index contributed by atoms with van der Waals surface area (Å²) in [6.07, 6.45) is 4.21. The molecule has 1 N–H and O–H groups in total. The van der Waals surface area contributed by atoms with Crippen LogP contribution in [0, 0.1) is 13.8 Å². The molecule has 0 saturated carbocycles. The van der Waals surface area contributed by atoms with Gasteiger partial charge in [-0.3, -0.25) is 4.79 Å². The van der Waals surface area contributed by atoms with E-state index in [9.17, 15) is 4.79 Å². The third-order valence-electron chi connectivity index (χ3n) is 4.85. The fourth-order valence-corrected chi connectivity index (χ4v) is 3.36. The molecule has 0 saturated heterocycles. The highest BCUT2D eigenvalue weighted by molar-refractivity contribution is 5.98. The van der Waals surface area contributed by atoms with Crippen LogP contribution in [0.2, 0.25) is 0 Å². The molecule has 2 aromatic carbocycles. The molecule has 0 aliphatic rings. The number of furan rings is 1. The zero-order chi connectivity index (χ0) is 20.1. The van der Waals surface area contributed by atoms with Gasteiger partial charge in [0.15, 0.2) is 0 Å². The van der Waals surface area contributed by atoms with Crippen molar-refractivity contribution in [3.05, 3.63) is 71.0 Å². The number of ether oxygens (including phenoxy) is 1. The highest BCUT2D eigenvalue weighted by Crippen LogP contribution is 2.37. The maximum absolute atomic E-state index is 12.4. The molecule has 0 radical (unpaired) electrons. The number of carbonyl (C=O) groups excluding carboxylic acids is 1. The van der Waals surface area contributed by atoms with E-state index >= 15 is 0 Å². The van der Waals surface area contributed by atoms with Gasteiger partial charge in [0.25, 0.3) is 0 Å². The Morgan fingerprint density at radius 1 is 1.21 bits per heavy atom. The van der Waals surface area contributed by atoms with Crippen molar-refractivity contribution in [1.82, 2.24) is 5.32 Å². The van der Waals surface area contributed by atoms with Crippen LogP contribution >= 0.6 is 0 Å². The van der Waals surface area contributed by atoms with Crippen LogP contribution in [0.15, 0.2) is 53.2 Å². The molecule has 146 valence electrons.